The Labute approximate surface area is 162 Å². The first-order valence-electron chi connectivity index (χ1n) is 8.58. The average molecular weight is 380 g/mol. The number of carbonyl (C=O) groups is 1. The van der Waals surface area contributed by atoms with Crippen molar-refractivity contribution in [1.82, 2.24) is 9.97 Å². The zero-order valence-electron chi connectivity index (χ0n) is 15.5. The van der Waals surface area contributed by atoms with Crippen molar-refractivity contribution < 1.29 is 19.0 Å². The van der Waals surface area contributed by atoms with Crippen molar-refractivity contribution in [3.8, 4) is 17.4 Å². The molecular formula is C20H20N4O4. The number of rotatable bonds is 7. The van der Waals surface area contributed by atoms with Gasteiger partial charge in [-0.15, -0.1) is 0 Å². The first kappa shape index (κ1) is 19.0. The fourth-order valence-corrected chi connectivity index (χ4v) is 2.43. The summed E-state index contributed by atoms with van der Waals surface area (Å²) < 4.78 is 16.0. The molecular weight excluding hydrogens is 360 g/mol. The Bertz CT molecular complexity index is 961. The van der Waals surface area contributed by atoms with Crippen molar-refractivity contribution in [2.45, 2.75) is 6.92 Å². The molecule has 0 aliphatic heterocycles. The summed E-state index contributed by atoms with van der Waals surface area (Å²) >= 11 is 0. The number of methoxy groups -OCH3 is 1. The van der Waals surface area contributed by atoms with Crippen LogP contribution in [0.2, 0.25) is 0 Å². The van der Waals surface area contributed by atoms with Crippen LogP contribution < -0.4 is 20.5 Å². The van der Waals surface area contributed by atoms with Gasteiger partial charge >= 0.3 is 5.97 Å². The van der Waals surface area contributed by atoms with Crippen LogP contribution in [0.15, 0.2) is 54.9 Å². The van der Waals surface area contributed by atoms with Gasteiger partial charge in [-0.2, -0.15) is 4.98 Å². The van der Waals surface area contributed by atoms with Gasteiger partial charge in [0.25, 0.3) is 0 Å². The van der Waals surface area contributed by atoms with Gasteiger partial charge in [0, 0.05) is 0 Å². The van der Waals surface area contributed by atoms with Crippen LogP contribution in [-0.2, 0) is 4.74 Å². The Morgan fingerprint density at radius 2 is 1.86 bits per heavy atom. The van der Waals surface area contributed by atoms with E-state index in [0.717, 1.165) is 5.69 Å². The summed E-state index contributed by atoms with van der Waals surface area (Å²) in [4.78, 5) is 19.8. The highest BCUT2D eigenvalue weighted by molar-refractivity contribution is 5.89. The fourth-order valence-electron chi connectivity index (χ4n) is 2.43. The highest BCUT2D eigenvalue weighted by atomic mass is 16.5. The van der Waals surface area contributed by atoms with Crippen molar-refractivity contribution in [2.75, 3.05) is 24.8 Å². The van der Waals surface area contributed by atoms with Crippen molar-refractivity contribution in [1.29, 1.82) is 0 Å². The standard InChI is InChI=1S/C20H20N4O4/c1-3-27-16-7-5-4-6-15(16)24-18-17(21)19(23-12-22-18)28-14-10-8-13(9-11-14)20(25)26-2/h4-12H,3,21H2,1-2H3,(H,22,23,24). The largest absolute Gasteiger partial charge is 0.492 e. The van der Waals surface area contributed by atoms with Gasteiger partial charge in [0.05, 0.1) is 25.0 Å². The van der Waals surface area contributed by atoms with Gasteiger partial charge in [-0.3, -0.25) is 0 Å². The minimum absolute atomic E-state index is 0.192. The van der Waals surface area contributed by atoms with Gasteiger partial charge in [0.1, 0.15) is 23.5 Å². The number of carbonyl (C=O) groups excluding carboxylic acids is 1. The third-order valence-corrected chi connectivity index (χ3v) is 3.78. The molecule has 0 saturated heterocycles. The molecule has 3 N–H and O–H groups in total. The average Bonchev–Trinajstić information content (AvgIpc) is 2.72. The maximum absolute atomic E-state index is 11.5. The Morgan fingerprint density at radius 1 is 1.11 bits per heavy atom. The lowest BCUT2D eigenvalue weighted by molar-refractivity contribution is 0.0600. The van der Waals surface area contributed by atoms with E-state index in [1.807, 2.05) is 31.2 Å². The number of hydrogen-bond acceptors (Lipinski definition) is 8. The number of nitrogens with one attached hydrogen (secondary N) is 1. The summed E-state index contributed by atoms with van der Waals surface area (Å²) in [6.07, 6.45) is 1.35. The number of esters is 1. The van der Waals surface area contributed by atoms with E-state index in [2.05, 4.69) is 20.0 Å². The first-order chi connectivity index (χ1) is 13.6. The number of para-hydroxylation sites is 2. The summed E-state index contributed by atoms with van der Waals surface area (Å²) in [6.45, 7) is 2.45. The van der Waals surface area contributed by atoms with Crippen molar-refractivity contribution >= 4 is 23.2 Å². The third-order valence-electron chi connectivity index (χ3n) is 3.78. The van der Waals surface area contributed by atoms with E-state index in [9.17, 15) is 4.79 Å². The molecule has 0 saturated carbocycles. The highest BCUT2D eigenvalue weighted by Gasteiger charge is 2.13. The highest BCUT2D eigenvalue weighted by Crippen LogP contribution is 2.33. The molecule has 3 aromatic rings. The van der Waals surface area contributed by atoms with Crippen LogP contribution in [0, 0.1) is 0 Å². The van der Waals surface area contributed by atoms with E-state index in [4.69, 9.17) is 15.2 Å². The SMILES string of the molecule is CCOc1ccccc1Nc1ncnc(Oc2ccc(C(=O)OC)cc2)c1N. The van der Waals surface area contributed by atoms with E-state index in [0.29, 0.717) is 29.5 Å². The molecule has 0 aliphatic rings. The molecule has 2 aromatic carbocycles. The Morgan fingerprint density at radius 3 is 2.57 bits per heavy atom. The fraction of sp³-hybridized carbons (Fsp3) is 0.150. The number of benzene rings is 2. The Balaban J connectivity index is 1.81. The topological polar surface area (TPSA) is 109 Å². The molecule has 0 amide bonds. The van der Waals surface area contributed by atoms with Gasteiger partial charge in [0.15, 0.2) is 5.82 Å². The monoisotopic (exact) mass is 380 g/mol. The Kier molecular flexibility index (Phi) is 5.91. The second-order valence-corrected chi connectivity index (χ2v) is 5.61. The lowest BCUT2D eigenvalue weighted by atomic mass is 10.2. The van der Waals surface area contributed by atoms with Crippen LogP contribution in [0.3, 0.4) is 0 Å². The summed E-state index contributed by atoms with van der Waals surface area (Å²) in [5.41, 5.74) is 7.56. The van der Waals surface area contributed by atoms with Gasteiger partial charge in [-0.05, 0) is 43.3 Å². The van der Waals surface area contributed by atoms with Crippen LogP contribution in [0.5, 0.6) is 17.4 Å². The zero-order valence-corrected chi connectivity index (χ0v) is 15.5. The molecule has 144 valence electrons. The molecule has 0 unspecified atom stereocenters. The molecule has 8 heteroatoms. The van der Waals surface area contributed by atoms with E-state index in [1.54, 1.807) is 24.3 Å². The molecule has 1 heterocycles. The van der Waals surface area contributed by atoms with Crippen molar-refractivity contribution in [2.24, 2.45) is 0 Å². The second kappa shape index (κ2) is 8.72. The molecule has 0 spiro atoms. The van der Waals surface area contributed by atoms with E-state index in [-0.39, 0.29) is 11.6 Å². The summed E-state index contributed by atoms with van der Waals surface area (Å²) in [5, 5.41) is 3.14. The molecule has 8 nitrogen and oxygen atoms in total. The molecule has 3 rings (SSSR count). The zero-order chi connectivity index (χ0) is 19.9. The molecule has 0 bridgehead atoms. The number of anilines is 3. The molecule has 0 radical (unpaired) electrons. The van der Waals surface area contributed by atoms with E-state index < -0.39 is 5.97 Å². The smallest absolute Gasteiger partial charge is 0.337 e. The number of hydrogen-bond donors (Lipinski definition) is 2. The molecule has 0 atom stereocenters. The number of aromatic nitrogens is 2. The van der Waals surface area contributed by atoms with E-state index in [1.165, 1.54) is 13.4 Å². The number of nitrogen functional groups attached to an aromatic ring is 1. The molecule has 0 aliphatic carbocycles. The van der Waals surface area contributed by atoms with Gasteiger partial charge in [-0.25, -0.2) is 9.78 Å². The molecule has 28 heavy (non-hydrogen) atoms. The van der Waals surface area contributed by atoms with Crippen LogP contribution in [0.1, 0.15) is 17.3 Å². The van der Waals surface area contributed by atoms with Crippen LogP contribution >= 0.6 is 0 Å². The Hall–Kier alpha value is -3.81. The minimum Gasteiger partial charge on any atom is -0.492 e. The second-order valence-electron chi connectivity index (χ2n) is 5.61. The minimum atomic E-state index is -0.424. The normalized spacial score (nSPS) is 10.2. The summed E-state index contributed by atoms with van der Waals surface area (Å²) in [5.74, 6) is 1.32. The van der Waals surface area contributed by atoms with Crippen molar-refractivity contribution in [3.05, 3.63) is 60.4 Å². The lowest BCUT2D eigenvalue weighted by Crippen LogP contribution is -2.05. The first-order valence-corrected chi connectivity index (χ1v) is 8.58. The predicted molar refractivity (Wildman–Crippen MR) is 105 cm³/mol. The van der Waals surface area contributed by atoms with Crippen molar-refractivity contribution in [3.63, 3.8) is 0 Å². The quantitative estimate of drug-likeness (QED) is 0.596. The number of nitrogens with zero attached hydrogens (tertiary/aromatic N) is 2. The van der Waals surface area contributed by atoms with Gasteiger partial charge in [0.2, 0.25) is 5.88 Å². The maximum Gasteiger partial charge on any atom is 0.337 e. The summed E-state index contributed by atoms with van der Waals surface area (Å²) in [6, 6.07) is 13.9. The van der Waals surface area contributed by atoms with Gasteiger partial charge in [-0.1, -0.05) is 12.1 Å². The molecule has 0 fully saturated rings. The number of nitrogens with two attached hydrogens (primary N) is 1. The van der Waals surface area contributed by atoms with Crippen LogP contribution in [0.25, 0.3) is 0 Å². The van der Waals surface area contributed by atoms with Crippen LogP contribution in [0.4, 0.5) is 17.2 Å². The van der Waals surface area contributed by atoms with E-state index >= 15 is 0 Å². The van der Waals surface area contributed by atoms with Gasteiger partial charge < -0.3 is 25.3 Å². The summed E-state index contributed by atoms with van der Waals surface area (Å²) in [7, 11) is 1.33. The third kappa shape index (κ3) is 4.29. The number of ether oxygens (including phenoxy) is 3. The van der Waals surface area contributed by atoms with Crippen LogP contribution in [-0.4, -0.2) is 29.7 Å². The molecule has 1 aromatic heterocycles. The maximum atomic E-state index is 11.5. The lowest BCUT2D eigenvalue weighted by Gasteiger charge is -2.14. The predicted octanol–water partition coefficient (Wildman–Crippen LogP) is 3.78.